The maximum atomic E-state index is 14.9. The quantitative estimate of drug-likeness (QED) is 0.317. The van der Waals surface area contributed by atoms with Crippen molar-refractivity contribution in [1.82, 2.24) is 4.98 Å². The number of nitrogens with zero attached hydrogens (tertiary/aromatic N) is 1. The van der Waals surface area contributed by atoms with E-state index in [-0.39, 0.29) is 18.0 Å². The molecule has 0 bridgehead atoms. The molecule has 0 aliphatic rings. The maximum Gasteiger partial charge on any atom is 0.137 e. The van der Waals surface area contributed by atoms with E-state index in [0.717, 1.165) is 22.0 Å². The van der Waals surface area contributed by atoms with Gasteiger partial charge in [-0.05, 0) is 54.8 Å². The van der Waals surface area contributed by atoms with Gasteiger partial charge < -0.3 is 9.84 Å². The van der Waals surface area contributed by atoms with Crippen molar-refractivity contribution in [3.63, 3.8) is 0 Å². The highest BCUT2D eigenvalue weighted by atomic mass is 19.1. The minimum absolute atomic E-state index is 0.0831. The Morgan fingerprint density at radius 2 is 1.74 bits per heavy atom. The predicted octanol–water partition coefficient (Wildman–Crippen LogP) is 6.38. The van der Waals surface area contributed by atoms with Crippen LogP contribution < -0.4 is 4.74 Å². The zero-order valence-corrected chi connectivity index (χ0v) is 19.4. The number of aliphatic hydroxyl groups is 1. The second kappa shape index (κ2) is 10.6. The van der Waals surface area contributed by atoms with E-state index >= 15 is 0 Å². The summed E-state index contributed by atoms with van der Waals surface area (Å²) in [5, 5.41) is 10.6. The number of carbonyl (C=O) groups excluding carboxylic acids is 1. The Balaban J connectivity index is 1.79. The average Bonchev–Trinajstić information content (AvgIpc) is 2.86. The minimum Gasteiger partial charge on any atom is -0.496 e. The van der Waals surface area contributed by atoms with E-state index in [1.54, 1.807) is 25.3 Å². The lowest BCUT2D eigenvalue weighted by Gasteiger charge is -2.15. The number of ether oxygens (including phenoxy) is 1. The van der Waals surface area contributed by atoms with Crippen LogP contribution in [0.3, 0.4) is 0 Å². The van der Waals surface area contributed by atoms with Crippen LogP contribution in [0.2, 0.25) is 0 Å². The number of Topliss-reactive ketones (excluding diaryl/α,β-unsaturated/α-hetero) is 1. The van der Waals surface area contributed by atoms with Crippen molar-refractivity contribution in [3.8, 4) is 28.1 Å². The van der Waals surface area contributed by atoms with Crippen molar-refractivity contribution in [2.45, 2.75) is 38.7 Å². The van der Waals surface area contributed by atoms with Gasteiger partial charge in [0.05, 0.1) is 24.4 Å². The Morgan fingerprint density at radius 1 is 1.00 bits per heavy atom. The van der Waals surface area contributed by atoms with E-state index < -0.39 is 6.10 Å². The Bertz CT molecular complexity index is 1320. The van der Waals surface area contributed by atoms with Gasteiger partial charge in [-0.2, -0.15) is 0 Å². The fraction of sp³-hybridized carbons (Fsp3) is 0.241. The van der Waals surface area contributed by atoms with Crippen LogP contribution in [-0.2, 0) is 11.2 Å². The fourth-order valence-electron chi connectivity index (χ4n) is 4.11. The van der Waals surface area contributed by atoms with Gasteiger partial charge in [0.1, 0.15) is 17.3 Å². The van der Waals surface area contributed by atoms with Crippen LogP contribution in [0.1, 0.15) is 31.7 Å². The monoisotopic (exact) mass is 457 g/mol. The molecule has 1 aromatic heterocycles. The molecule has 0 amide bonds. The number of pyridine rings is 1. The zero-order valence-electron chi connectivity index (χ0n) is 19.4. The van der Waals surface area contributed by atoms with Crippen LogP contribution in [0.15, 0.2) is 72.8 Å². The van der Waals surface area contributed by atoms with Crippen LogP contribution >= 0.6 is 0 Å². The molecule has 0 unspecified atom stereocenters. The Hall–Kier alpha value is -3.57. The third kappa shape index (κ3) is 5.15. The van der Waals surface area contributed by atoms with Gasteiger partial charge >= 0.3 is 0 Å². The zero-order chi connectivity index (χ0) is 24.1. The molecule has 0 aliphatic carbocycles. The number of benzene rings is 3. The van der Waals surface area contributed by atoms with E-state index in [1.807, 2.05) is 55.5 Å². The lowest BCUT2D eigenvalue weighted by molar-refractivity contribution is -0.119. The van der Waals surface area contributed by atoms with Crippen molar-refractivity contribution in [2.24, 2.45) is 0 Å². The topological polar surface area (TPSA) is 59.4 Å². The summed E-state index contributed by atoms with van der Waals surface area (Å²) in [4.78, 5) is 17.3. The van der Waals surface area contributed by atoms with Crippen molar-refractivity contribution in [3.05, 3.63) is 84.2 Å². The van der Waals surface area contributed by atoms with Gasteiger partial charge in [-0.3, -0.25) is 4.79 Å². The van der Waals surface area contributed by atoms with E-state index in [9.17, 15) is 14.3 Å². The fourth-order valence-corrected chi connectivity index (χ4v) is 4.11. The summed E-state index contributed by atoms with van der Waals surface area (Å²) in [5.74, 6) is 0.406. The van der Waals surface area contributed by atoms with Crippen LogP contribution in [0.4, 0.5) is 4.39 Å². The number of rotatable bonds is 9. The first-order valence-electron chi connectivity index (χ1n) is 11.5. The highest BCUT2D eigenvalue weighted by Crippen LogP contribution is 2.38. The van der Waals surface area contributed by atoms with Crippen molar-refractivity contribution >= 4 is 16.7 Å². The summed E-state index contributed by atoms with van der Waals surface area (Å²) in [6, 6.07) is 21.9. The normalized spacial score (nSPS) is 12.0. The number of hydrogen-bond acceptors (Lipinski definition) is 4. The average molecular weight is 458 g/mol. The van der Waals surface area contributed by atoms with Crippen molar-refractivity contribution in [1.29, 1.82) is 0 Å². The lowest BCUT2D eigenvalue weighted by atomic mass is 9.95. The highest BCUT2D eigenvalue weighted by Gasteiger charge is 2.17. The highest BCUT2D eigenvalue weighted by molar-refractivity contribution is 5.93. The smallest absolute Gasteiger partial charge is 0.137 e. The molecule has 4 aromatic rings. The number of hydrogen-bond donors (Lipinski definition) is 1. The number of ketones is 1. The Kier molecular flexibility index (Phi) is 7.33. The predicted molar refractivity (Wildman–Crippen MR) is 133 cm³/mol. The third-order valence-electron chi connectivity index (χ3n) is 6.03. The second-order valence-electron chi connectivity index (χ2n) is 8.41. The summed E-state index contributed by atoms with van der Waals surface area (Å²) in [7, 11) is 1.60. The SMILES string of the molecule is CC[C@@H](O)CCC(=O)Cc1ccc2nc(-c3ccccc3OC)c(-c3ccccc3F)cc2c1. The number of fused-ring (bicyclic) bond motifs is 1. The number of aromatic nitrogens is 1. The summed E-state index contributed by atoms with van der Waals surface area (Å²) in [6.07, 6.45) is 1.31. The molecule has 4 rings (SSSR count). The van der Waals surface area contributed by atoms with Gasteiger partial charge in [-0.15, -0.1) is 0 Å². The summed E-state index contributed by atoms with van der Waals surface area (Å²) in [5.41, 5.74) is 4.14. The molecule has 4 nitrogen and oxygen atoms in total. The van der Waals surface area contributed by atoms with Gasteiger partial charge in [0.25, 0.3) is 0 Å². The molecular weight excluding hydrogens is 429 g/mol. The van der Waals surface area contributed by atoms with Crippen LogP contribution in [0, 0.1) is 5.82 Å². The van der Waals surface area contributed by atoms with Gasteiger partial charge in [0, 0.05) is 34.9 Å². The van der Waals surface area contributed by atoms with E-state index in [0.29, 0.717) is 41.8 Å². The van der Waals surface area contributed by atoms with Gasteiger partial charge in [-0.25, -0.2) is 9.37 Å². The third-order valence-corrected chi connectivity index (χ3v) is 6.03. The number of halogens is 1. The summed E-state index contributed by atoms with van der Waals surface area (Å²) in [6.45, 7) is 1.90. The minimum atomic E-state index is -0.443. The summed E-state index contributed by atoms with van der Waals surface area (Å²) >= 11 is 0. The van der Waals surface area contributed by atoms with Crippen molar-refractivity contribution in [2.75, 3.05) is 7.11 Å². The lowest BCUT2D eigenvalue weighted by Crippen LogP contribution is -2.10. The number of para-hydroxylation sites is 1. The molecule has 1 heterocycles. The molecule has 0 fully saturated rings. The molecular formula is C29H28FNO3. The molecule has 0 spiro atoms. The Morgan fingerprint density at radius 3 is 2.47 bits per heavy atom. The molecule has 3 aromatic carbocycles. The first kappa shape index (κ1) is 23.6. The molecule has 174 valence electrons. The summed E-state index contributed by atoms with van der Waals surface area (Å²) < 4.78 is 20.4. The molecule has 0 aliphatic heterocycles. The van der Waals surface area contributed by atoms with Gasteiger partial charge in [-0.1, -0.05) is 43.3 Å². The maximum absolute atomic E-state index is 14.9. The molecule has 0 radical (unpaired) electrons. The first-order chi connectivity index (χ1) is 16.5. The second-order valence-corrected chi connectivity index (χ2v) is 8.41. The number of methoxy groups -OCH3 is 1. The van der Waals surface area contributed by atoms with E-state index in [2.05, 4.69) is 0 Å². The van der Waals surface area contributed by atoms with E-state index in [4.69, 9.17) is 9.72 Å². The largest absolute Gasteiger partial charge is 0.496 e. The van der Waals surface area contributed by atoms with E-state index in [1.165, 1.54) is 6.07 Å². The molecule has 1 atom stereocenters. The van der Waals surface area contributed by atoms with Crippen LogP contribution in [0.25, 0.3) is 33.3 Å². The number of aliphatic hydroxyl groups excluding tert-OH is 1. The van der Waals surface area contributed by atoms with Crippen molar-refractivity contribution < 1.29 is 19.0 Å². The molecule has 0 saturated heterocycles. The molecule has 34 heavy (non-hydrogen) atoms. The first-order valence-corrected chi connectivity index (χ1v) is 11.5. The molecule has 1 N–H and O–H groups in total. The van der Waals surface area contributed by atoms with Gasteiger partial charge in [0.15, 0.2) is 0 Å². The molecule has 5 heteroatoms. The number of carbonyl (C=O) groups is 1. The van der Waals surface area contributed by atoms with Crippen LogP contribution in [0.5, 0.6) is 5.75 Å². The standard InChI is InChI=1S/C29H28FNO3/c1-3-21(32)13-14-22(33)17-19-12-15-27-20(16-19)18-25(23-8-4-6-10-26(23)30)29(31-27)24-9-5-7-11-28(24)34-2/h4-12,15-16,18,21,32H,3,13-14,17H2,1-2H3/t21-/m1/s1. The Labute approximate surface area is 199 Å². The molecule has 0 saturated carbocycles. The van der Waals surface area contributed by atoms with Crippen LogP contribution in [-0.4, -0.2) is 29.1 Å². The van der Waals surface area contributed by atoms with Gasteiger partial charge in [0.2, 0.25) is 0 Å².